The lowest BCUT2D eigenvalue weighted by molar-refractivity contribution is 0.121. The van der Waals surface area contributed by atoms with Crippen molar-refractivity contribution >= 4 is 7.60 Å². The lowest BCUT2D eigenvalue weighted by Gasteiger charge is -2.21. The quantitative estimate of drug-likeness (QED) is 0.665. The molecule has 1 N–H and O–H groups in total. The Kier molecular flexibility index (Phi) is 7.36. The fraction of sp³-hybridized carbons (Fsp3) is 1.00. The summed E-state index contributed by atoms with van der Waals surface area (Å²) in [7, 11) is -3.70. The molecule has 2 atom stereocenters. The number of aliphatic hydroxyl groups is 1. The van der Waals surface area contributed by atoms with Crippen LogP contribution in [-0.2, 0) is 13.6 Å². The Morgan fingerprint density at radius 3 is 2.07 bits per heavy atom. The Morgan fingerprint density at radius 2 is 1.73 bits per heavy atom. The van der Waals surface area contributed by atoms with Gasteiger partial charge in [-0.2, -0.15) is 0 Å². The van der Waals surface area contributed by atoms with E-state index in [1.807, 2.05) is 0 Å². The average Bonchev–Trinajstić information content (AvgIpc) is 2.18. The van der Waals surface area contributed by atoms with Gasteiger partial charge in [-0.1, -0.05) is 6.92 Å². The van der Waals surface area contributed by atoms with Crippen LogP contribution in [0.3, 0.4) is 0 Å². The molecule has 0 spiro atoms. The van der Waals surface area contributed by atoms with E-state index in [1.165, 1.54) is 0 Å². The number of hydrogen-bond acceptors (Lipinski definition) is 4. The third-order valence-corrected chi connectivity index (χ3v) is 4.03. The second-order valence-corrected chi connectivity index (χ2v) is 5.26. The van der Waals surface area contributed by atoms with E-state index in [0.717, 1.165) is 0 Å². The minimum absolute atomic E-state index is 0.125. The maximum Gasteiger partial charge on any atom is 0.364 e. The Labute approximate surface area is 90.3 Å². The highest BCUT2D eigenvalue weighted by Crippen LogP contribution is 2.55. The molecular formula is C9H20FO4P. The van der Waals surface area contributed by atoms with Crippen LogP contribution in [0.25, 0.3) is 0 Å². The highest BCUT2D eigenvalue weighted by atomic mass is 31.2. The van der Waals surface area contributed by atoms with Gasteiger partial charge in [-0.3, -0.25) is 4.57 Å². The standard InChI is InChI=1S/C9H20FO4P/c1-4-8(11)7-9(10)15(12,13-5-2)14-6-3/h8-9,11H,4-7H2,1-3H3. The molecule has 0 fully saturated rings. The van der Waals surface area contributed by atoms with Crippen molar-refractivity contribution in [3.63, 3.8) is 0 Å². The van der Waals surface area contributed by atoms with Crippen LogP contribution in [0.2, 0.25) is 0 Å². The van der Waals surface area contributed by atoms with Gasteiger partial charge in [-0.15, -0.1) is 0 Å². The van der Waals surface area contributed by atoms with Gasteiger partial charge in [0.05, 0.1) is 19.3 Å². The summed E-state index contributed by atoms with van der Waals surface area (Å²) in [5.41, 5.74) is 0. The Balaban J connectivity index is 4.40. The van der Waals surface area contributed by atoms with E-state index in [4.69, 9.17) is 9.05 Å². The van der Waals surface area contributed by atoms with Crippen molar-refractivity contribution in [2.24, 2.45) is 0 Å². The molecule has 0 aliphatic carbocycles. The van der Waals surface area contributed by atoms with Gasteiger partial charge in [0.15, 0.2) is 0 Å². The van der Waals surface area contributed by atoms with Crippen molar-refractivity contribution in [2.75, 3.05) is 13.2 Å². The van der Waals surface area contributed by atoms with Crippen molar-refractivity contribution < 1.29 is 23.1 Å². The molecule has 0 aromatic carbocycles. The van der Waals surface area contributed by atoms with E-state index < -0.39 is 19.6 Å². The van der Waals surface area contributed by atoms with Gasteiger partial charge in [0.1, 0.15) is 0 Å². The molecule has 0 saturated heterocycles. The lowest BCUT2D eigenvalue weighted by Crippen LogP contribution is -2.16. The molecule has 0 amide bonds. The van der Waals surface area contributed by atoms with Crippen molar-refractivity contribution in [1.82, 2.24) is 0 Å². The fourth-order valence-corrected chi connectivity index (χ4v) is 2.70. The lowest BCUT2D eigenvalue weighted by atomic mass is 10.2. The summed E-state index contributed by atoms with van der Waals surface area (Å²) in [6.07, 6.45) is -0.610. The number of halogens is 1. The fourth-order valence-electron chi connectivity index (χ4n) is 1.08. The number of hydrogen-bond donors (Lipinski definition) is 1. The molecule has 0 rings (SSSR count). The Hall–Kier alpha value is 0.0400. The molecule has 2 unspecified atom stereocenters. The van der Waals surface area contributed by atoms with Crippen molar-refractivity contribution in [2.45, 2.75) is 45.6 Å². The molecule has 4 nitrogen and oxygen atoms in total. The molecular weight excluding hydrogens is 222 g/mol. The van der Waals surface area contributed by atoms with E-state index in [1.54, 1.807) is 20.8 Å². The van der Waals surface area contributed by atoms with E-state index in [9.17, 15) is 14.1 Å². The third-order valence-electron chi connectivity index (χ3n) is 1.90. The van der Waals surface area contributed by atoms with Gasteiger partial charge in [-0.05, 0) is 20.3 Å². The molecule has 0 aromatic heterocycles. The second-order valence-electron chi connectivity index (χ2n) is 3.11. The summed E-state index contributed by atoms with van der Waals surface area (Å²) < 4.78 is 35.1. The monoisotopic (exact) mass is 242 g/mol. The number of rotatable bonds is 8. The molecule has 92 valence electrons. The maximum atomic E-state index is 13.6. The van der Waals surface area contributed by atoms with Gasteiger partial charge < -0.3 is 14.2 Å². The maximum absolute atomic E-state index is 13.6. The molecule has 0 bridgehead atoms. The van der Waals surface area contributed by atoms with Gasteiger partial charge >= 0.3 is 7.60 Å². The van der Waals surface area contributed by atoms with E-state index >= 15 is 0 Å². The summed E-state index contributed by atoms with van der Waals surface area (Å²) in [4.78, 5) is 0. The summed E-state index contributed by atoms with van der Waals surface area (Å²) in [5.74, 6) is -1.76. The molecule has 0 aromatic rings. The van der Waals surface area contributed by atoms with E-state index in [2.05, 4.69) is 0 Å². The van der Waals surface area contributed by atoms with E-state index in [-0.39, 0.29) is 19.6 Å². The zero-order valence-electron chi connectivity index (χ0n) is 9.48. The SMILES string of the molecule is CCOP(=O)(OCC)C(F)CC(O)CC. The van der Waals surface area contributed by atoms with Crippen LogP contribution in [0.1, 0.15) is 33.6 Å². The normalized spacial score (nSPS) is 16.3. The zero-order valence-corrected chi connectivity index (χ0v) is 10.4. The smallest absolute Gasteiger partial charge is 0.364 e. The third kappa shape index (κ3) is 5.07. The first-order valence-corrected chi connectivity index (χ1v) is 6.82. The number of alkyl halides is 1. The molecule has 15 heavy (non-hydrogen) atoms. The summed E-state index contributed by atoms with van der Waals surface area (Å²) in [5, 5.41) is 9.26. The molecule has 0 saturated carbocycles. The summed E-state index contributed by atoms with van der Waals surface area (Å²) >= 11 is 0. The van der Waals surface area contributed by atoms with Crippen LogP contribution < -0.4 is 0 Å². The largest absolute Gasteiger partial charge is 0.393 e. The van der Waals surface area contributed by atoms with Crippen molar-refractivity contribution in [1.29, 1.82) is 0 Å². The Morgan fingerprint density at radius 1 is 1.27 bits per heavy atom. The zero-order chi connectivity index (χ0) is 11.9. The van der Waals surface area contributed by atoms with Crippen LogP contribution in [0.5, 0.6) is 0 Å². The molecule has 0 aliphatic rings. The predicted molar refractivity (Wildman–Crippen MR) is 56.7 cm³/mol. The predicted octanol–water partition coefficient (Wildman–Crippen LogP) is 2.71. The summed E-state index contributed by atoms with van der Waals surface area (Å²) in [6.45, 7) is 5.22. The number of aliphatic hydroxyl groups excluding tert-OH is 1. The van der Waals surface area contributed by atoms with Crippen molar-refractivity contribution in [3.05, 3.63) is 0 Å². The van der Waals surface area contributed by atoms with Crippen LogP contribution in [0, 0.1) is 0 Å². The first-order valence-electron chi connectivity index (χ1n) is 5.21. The average molecular weight is 242 g/mol. The minimum atomic E-state index is -3.70. The first kappa shape index (κ1) is 15.0. The van der Waals surface area contributed by atoms with Gasteiger partial charge in [0, 0.05) is 6.42 Å². The molecule has 6 heteroatoms. The summed E-state index contributed by atoms with van der Waals surface area (Å²) in [6, 6.07) is 0. The van der Waals surface area contributed by atoms with Crippen LogP contribution >= 0.6 is 7.60 Å². The van der Waals surface area contributed by atoms with Crippen molar-refractivity contribution in [3.8, 4) is 0 Å². The van der Waals surface area contributed by atoms with Gasteiger partial charge in [0.2, 0.25) is 5.91 Å². The van der Waals surface area contributed by atoms with Crippen LogP contribution in [0.15, 0.2) is 0 Å². The minimum Gasteiger partial charge on any atom is -0.393 e. The van der Waals surface area contributed by atoms with Crippen LogP contribution in [-0.4, -0.2) is 30.3 Å². The second kappa shape index (κ2) is 7.34. The first-order chi connectivity index (χ1) is 7.00. The molecule has 0 radical (unpaired) electrons. The highest BCUT2D eigenvalue weighted by Gasteiger charge is 2.36. The van der Waals surface area contributed by atoms with E-state index in [0.29, 0.717) is 6.42 Å². The van der Waals surface area contributed by atoms with Gasteiger partial charge in [0.25, 0.3) is 0 Å². The molecule has 0 aliphatic heterocycles. The highest BCUT2D eigenvalue weighted by molar-refractivity contribution is 7.54. The topological polar surface area (TPSA) is 55.8 Å². The van der Waals surface area contributed by atoms with Gasteiger partial charge in [-0.25, -0.2) is 4.39 Å². The Bertz CT molecular complexity index is 202. The molecule has 0 heterocycles. The van der Waals surface area contributed by atoms with Crippen LogP contribution in [0.4, 0.5) is 4.39 Å².